The molecular formula is C17H24ClN3O2S. The molecule has 0 aliphatic rings. The van der Waals surface area contributed by atoms with Crippen molar-refractivity contribution in [2.45, 2.75) is 13.5 Å². The Morgan fingerprint density at radius 2 is 2.08 bits per heavy atom. The lowest BCUT2D eigenvalue weighted by Gasteiger charge is -2.19. The standard InChI is InChI=1S/C17H24ClN3O2S/c1-5-15(16(18)20-12-24-4)17(22)21(2)11-19-10-13-6-8-14(23-3)9-7-13/h5-9,19H,10-12H2,1-4H3/b15-5+,20-16+. The van der Waals surface area contributed by atoms with Gasteiger partial charge in [0.25, 0.3) is 5.91 Å². The van der Waals surface area contributed by atoms with Crippen molar-refractivity contribution in [1.29, 1.82) is 0 Å². The van der Waals surface area contributed by atoms with Gasteiger partial charge < -0.3 is 9.64 Å². The first-order valence-electron chi connectivity index (χ1n) is 7.48. The summed E-state index contributed by atoms with van der Waals surface area (Å²) in [5.41, 5.74) is 1.53. The Labute approximate surface area is 153 Å². The highest BCUT2D eigenvalue weighted by molar-refractivity contribution is 7.98. The number of carbonyl (C=O) groups is 1. The van der Waals surface area contributed by atoms with E-state index in [2.05, 4.69) is 10.3 Å². The van der Waals surface area contributed by atoms with Crippen molar-refractivity contribution in [1.82, 2.24) is 10.2 Å². The van der Waals surface area contributed by atoms with Crippen molar-refractivity contribution in [3.05, 3.63) is 41.5 Å². The van der Waals surface area contributed by atoms with Crippen molar-refractivity contribution >= 4 is 34.4 Å². The third-order valence-electron chi connectivity index (χ3n) is 3.26. The highest BCUT2D eigenvalue weighted by Crippen LogP contribution is 2.11. The minimum Gasteiger partial charge on any atom is -0.497 e. The molecule has 0 aliphatic heterocycles. The van der Waals surface area contributed by atoms with Crippen LogP contribution in [-0.2, 0) is 11.3 Å². The van der Waals surface area contributed by atoms with E-state index in [9.17, 15) is 4.79 Å². The van der Waals surface area contributed by atoms with Crippen LogP contribution < -0.4 is 10.1 Å². The number of hydrogen-bond donors (Lipinski definition) is 1. The third kappa shape index (κ3) is 6.55. The number of likely N-dealkylation sites (N-methyl/N-ethyl adjacent to an activating group) is 1. The molecule has 0 saturated carbocycles. The molecule has 0 heterocycles. The number of rotatable bonds is 9. The summed E-state index contributed by atoms with van der Waals surface area (Å²) in [6.07, 6.45) is 3.62. The molecule has 1 N–H and O–H groups in total. The third-order valence-corrected chi connectivity index (χ3v) is 3.97. The van der Waals surface area contributed by atoms with Crippen LogP contribution in [0.15, 0.2) is 40.9 Å². The van der Waals surface area contributed by atoms with Gasteiger partial charge in [-0.1, -0.05) is 29.8 Å². The molecule has 0 radical (unpaired) electrons. The summed E-state index contributed by atoms with van der Waals surface area (Å²) in [4.78, 5) is 18.2. The van der Waals surface area contributed by atoms with Crippen LogP contribution in [0.25, 0.3) is 0 Å². The number of aliphatic imine (C=N–C) groups is 1. The number of halogens is 1. The minimum atomic E-state index is -0.158. The predicted molar refractivity (Wildman–Crippen MR) is 103 cm³/mol. The second kappa shape index (κ2) is 11.1. The Kier molecular flexibility index (Phi) is 9.52. The van der Waals surface area contributed by atoms with Crippen molar-refractivity contribution in [2.75, 3.05) is 33.0 Å². The maximum atomic E-state index is 12.4. The summed E-state index contributed by atoms with van der Waals surface area (Å²) in [5.74, 6) is 1.20. The smallest absolute Gasteiger partial charge is 0.257 e. The van der Waals surface area contributed by atoms with Crippen LogP contribution in [0.5, 0.6) is 5.75 Å². The quantitative estimate of drug-likeness (QED) is 0.413. The van der Waals surface area contributed by atoms with Crippen molar-refractivity contribution in [3.8, 4) is 5.75 Å². The number of benzene rings is 1. The lowest BCUT2D eigenvalue weighted by atomic mass is 10.2. The maximum absolute atomic E-state index is 12.4. The molecule has 24 heavy (non-hydrogen) atoms. The Morgan fingerprint density at radius 3 is 2.62 bits per heavy atom. The Morgan fingerprint density at radius 1 is 1.42 bits per heavy atom. The number of nitrogens with zero attached hydrogens (tertiary/aromatic N) is 2. The van der Waals surface area contributed by atoms with E-state index in [-0.39, 0.29) is 11.1 Å². The lowest BCUT2D eigenvalue weighted by molar-refractivity contribution is -0.125. The van der Waals surface area contributed by atoms with Gasteiger partial charge in [0, 0.05) is 13.6 Å². The van der Waals surface area contributed by atoms with Crippen LogP contribution in [0.2, 0.25) is 0 Å². The van der Waals surface area contributed by atoms with E-state index in [1.807, 2.05) is 30.5 Å². The Hall–Kier alpha value is -1.50. The van der Waals surface area contributed by atoms with Crippen LogP contribution in [0.4, 0.5) is 0 Å². The van der Waals surface area contributed by atoms with E-state index in [0.29, 0.717) is 24.7 Å². The molecule has 1 rings (SSSR count). The second-order valence-corrected chi connectivity index (χ2v) is 6.20. The van der Waals surface area contributed by atoms with Crippen LogP contribution in [0.3, 0.4) is 0 Å². The highest BCUT2D eigenvalue weighted by atomic mass is 35.5. The number of hydrogen-bond acceptors (Lipinski definition) is 5. The molecule has 5 nitrogen and oxygen atoms in total. The molecule has 7 heteroatoms. The van der Waals surface area contributed by atoms with E-state index < -0.39 is 0 Å². The van der Waals surface area contributed by atoms with Gasteiger partial charge in [0.15, 0.2) is 0 Å². The van der Waals surface area contributed by atoms with Crippen molar-refractivity contribution < 1.29 is 9.53 Å². The largest absolute Gasteiger partial charge is 0.497 e. The van der Waals surface area contributed by atoms with Crippen LogP contribution >= 0.6 is 23.4 Å². The van der Waals surface area contributed by atoms with Crippen molar-refractivity contribution in [3.63, 3.8) is 0 Å². The van der Waals surface area contributed by atoms with Gasteiger partial charge in [-0.3, -0.25) is 15.1 Å². The molecule has 0 aromatic heterocycles. The van der Waals surface area contributed by atoms with E-state index in [1.165, 1.54) is 0 Å². The van der Waals surface area contributed by atoms with E-state index in [0.717, 1.165) is 11.3 Å². The maximum Gasteiger partial charge on any atom is 0.257 e. The minimum absolute atomic E-state index is 0.158. The summed E-state index contributed by atoms with van der Waals surface area (Å²) in [5, 5.41) is 3.48. The SMILES string of the molecule is C/C=C(C(=O)N(C)CNCc1ccc(OC)cc1)\C(Cl)=N/CSC. The first kappa shape index (κ1) is 20.5. The highest BCUT2D eigenvalue weighted by Gasteiger charge is 2.17. The average Bonchev–Trinajstić information content (AvgIpc) is 2.60. The van der Waals surface area contributed by atoms with Gasteiger partial charge in [0.1, 0.15) is 10.9 Å². The number of nitrogens with one attached hydrogen (secondary N) is 1. The Balaban J connectivity index is 2.53. The number of methoxy groups -OCH3 is 1. The molecule has 0 unspecified atom stereocenters. The average molecular weight is 370 g/mol. The van der Waals surface area contributed by atoms with Gasteiger partial charge in [-0.05, 0) is 30.9 Å². The topological polar surface area (TPSA) is 53.9 Å². The number of amides is 1. The molecular weight excluding hydrogens is 346 g/mol. The number of thioether (sulfide) groups is 1. The van der Waals surface area contributed by atoms with Crippen LogP contribution in [0.1, 0.15) is 12.5 Å². The van der Waals surface area contributed by atoms with Gasteiger partial charge in [-0.25, -0.2) is 0 Å². The van der Waals surface area contributed by atoms with Gasteiger partial charge in [0.2, 0.25) is 0 Å². The molecule has 1 aromatic rings. The number of carbonyl (C=O) groups excluding carboxylic acids is 1. The predicted octanol–water partition coefficient (Wildman–Crippen LogP) is 3.10. The lowest BCUT2D eigenvalue weighted by Crippen LogP contribution is -2.37. The van der Waals surface area contributed by atoms with Gasteiger partial charge in [0.05, 0.1) is 25.2 Å². The van der Waals surface area contributed by atoms with Crippen molar-refractivity contribution in [2.24, 2.45) is 4.99 Å². The van der Waals surface area contributed by atoms with E-state index in [4.69, 9.17) is 16.3 Å². The fraction of sp³-hybridized carbons (Fsp3) is 0.412. The number of allylic oxidation sites excluding steroid dienone is 1. The second-order valence-electron chi connectivity index (χ2n) is 5.01. The summed E-state index contributed by atoms with van der Waals surface area (Å²) in [6.45, 7) is 2.85. The van der Waals surface area contributed by atoms with Crippen LogP contribution in [-0.4, -0.2) is 48.9 Å². The summed E-state index contributed by atoms with van der Waals surface area (Å²) < 4.78 is 5.13. The fourth-order valence-electron chi connectivity index (χ4n) is 1.93. The molecule has 1 aromatic carbocycles. The van der Waals surface area contributed by atoms with Gasteiger partial charge in [-0.15, -0.1) is 11.8 Å². The summed E-state index contributed by atoms with van der Waals surface area (Å²) in [6, 6.07) is 7.78. The fourth-order valence-corrected chi connectivity index (χ4v) is 2.50. The molecule has 0 fully saturated rings. The zero-order valence-corrected chi connectivity index (χ0v) is 16.1. The molecule has 132 valence electrons. The summed E-state index contributed by atoms with van der Waals surface area (Å²) >= 11 is 7.66. The molecule has 1 amide bonds. The molecule has 0 aliphatic carbocycles. The Bertz CT molecular complexity index is 588. The van der Waals surface area contributed by atoms with E-state index in [1.54, 1.807) is 43.8 Å². The number of ether oxygens (including phenoxy) is 1. The molecule has 0 saturated heterocycles. The first-order chi connectivity index (χ1) is 11.5. The molecule has 0 bridgehead atoms. The normalized spacial score (nSPS) is 12.2. The van der Waals surface area contributed by atoms with Gasteiger partial charge in [-0.2, -0.15) is 0 Å². The van der Waals surface area contributed by atoms with Crippen LogP contribution in [0, 0.1) is 0 Å². The monoisotopic (exact) mass is 369 g/mol. The zero-order valence-electron chi connectivity index (χ0n) is 14.5. The van der Waals surface area contributed by atoms with E-state index >= 15 is 0 Å². The molecule has 0 atom stereocenters. The zero-order chi connectivity index (χ0) is 17.9. The molecule has 0 spiro atoms. The summed E-state index contributed by atoms with van der Waals surface area (Å²) in [7, 11) is 3.37. The van der Waals surface area contributed by atoms with Gasteiger partial charge >= 0.3 is 0 Å². The first-order valence-corrected chi connectivity index (χ1v) is 9.25.